The van der Waals surface area contributed by atoms with E-state index >= 15 is 0 Å². The summed E-state index contributed by atoms with van der Waals surface area (Å²) in [6.45, 7) is 0. The number of carboxylic acid groups (broad SMARTS) is 1. The Labute approximate surface area is 149 Å². The molecule has 26 heavy (non-hydrogen) atoms. The van der Waals surface area contributed by atoms with Gasteiger partial charge in [-0.15, -0.1) is 0 Å². The lowest BCUT2D eigenvalue weighted by Gasteiger charge is -2.05. The zero-order valence-electron chi connectivity index (χ0n) is 13.7. The predicted octanol–water partition coefficient (Wildman–Crippen LogP) is 3.38. The van der Waals surface area contributed by atoms with Crippen LogP contribution in [-0.2, 0) is 4.79 Å². The van der Waals surface area contributed by atoms with E-state index in [4.69, 9.17) is 10.2 Å². The average molecular weight is 348 g/mol. The number of carbonyl (C=O) groups is 2. The van der Waals surface area contributed by atoms with Crippen LogP contribution in [0.4, 0.5) is 5.69 Å². The zero-order chi connectivity index (χ0) is 18.5. The number of anilines is 1. The van der Waals surface area contributed by atoms with E-state index in [2.05, 4.69) is 5.32 Å². The molecule has 3 aromatic rings. The quantitative estimate of drug-likeness (QED) is 0.484. The molecule has 0 atom stereocenters. The molecule has 3 rings (SSSR count). The molecule has 2 aromatic carbocycles. The summed E-state index contributed by atoms with van der Waals surface area (Å²) in [7, 11) is 0. The third kappa shape index (κ3) is 3.81. The molecule has 0 saturated heterocycles. The van der Waals surface area contributed by atoms with Gasteiger partial charge in [-0.2, -0.15) is 0 Å². The molecule has 0 saturated carbocycles. The summed E-state index contributed by atoms with van der Waals surface area (Å²) in [5, 5.41) is 11.7. The van der Waals surface area contributed by atoms with Gasteiger partial charge in [-0.25, -0.2) is 4.79 Å². The van der Waals surface area contributed by atoms with Crippen molar-refractivity contribution in [3.8, 4) is 11.3 Å². The first kappa shape index (κ1) is 17.0. The molecular formula is C20H16N2O4. The molecule has 0 aliphatic rings. The maximum Gasteiger partial charge on any atom is 0.352 e. The van der Waals surface area contributed by atoms with Crippen LogP contribution in [0.3, 0.4) is 0 Å². The average Bonchev–Trinajstić information content (AvgIpc) is 3.10. The number of amides is 1. The van der Waals surface area contributed by atoms with Gasteiger partial charge in [0, 0.05) is 22.9 Å². The summed E-state index contributed by atoms with van der Waals surface area (Å²) in [6.07, 6.45) is 1.26. The van der Waals surface area contributed by atoms with Crippen LogP contribution in [0.5, 0.6) is 0 Å². The number of nitrogen functional groups attached to an aromatic ring is 1. The van der Waals surface area contributed by atoms with Crippen molar-refractivity contribution in [2.45, 2.75) is 0 Å². The highest BCUT2D eigenvalue weighted by molar-refractivity contribution is 6.02. The number of para-hydroxylation sites is 1. The molecule has 0 unspecified atom stereocenters. The maximum absolute atomic E-state index is 12.2. The van der Waals surface area contributed by atoms with Gasteiger partial charge in [0.1, 0.15) is 17.2 Å². The van der Waals surface area contributed by atoms with Crippen LogP contribution in [0.25, 0.3) is 17.4 Å². The first-order valence-electron chi connectivity index (χ1n) is 7.80. The van der Waals surface area contributed by atoms with Crippen molar-refractivity contribution in [2.24, 2.45) is 0 Å². The number of carboxylic acids is 1. The number of carbonyl (C=O) groups excluding carboxylic acids is 1. The second-order valence-corrected chi connectivity index (χ2v) is 5.47. The Morgan fingerprint density at radius 1 is 0.962 bits per heavy atom. The third-order valence-corrected chi connectivity index (χ3v) is 3.65. The molecule has 1 amide bonds. The number of hydrogen-bond acceptors (Lipinski definition) is 4. The van der Waals surface area contributed by atoms with Crippen LogP contribution in [0.2, 0.25) is 0 Å². The van der Waals surface area contributed by atoms with E-state index in [-0.39, 0.29) is 11.5 Å². The number of nitrogens with two attached hydrogens (primary N) is 1. The fraction of sp³-hybridized carbons (Fsp3) is 0. The molecule has 1 aromatic heterocycles. The third-order valence-electron chi connectivity index (χ3n) is 3.65. The van der Waals surface area contributed by atoms with Crippen molar-refractivity contribution >= 4 is 23.6 Å². The number of nitrogens with one attached hydrogen (secondary N) is 1. The molecule has 0 aliphatic heterocycles. The van der Waals surface area contributed by atoms with Gasteiger partial charge in [-0.05, 0) is 36.4 Å². The fourth-order valence-corrected chi connectivity index (χ4v) is 2.37. The summed E-state index contributed by atoms with van der Waals surface area (Å²) >= 11 is 0. The molecule has 130 valence electrons. The number of aliphatic carboxylic acids is 1. The molecule has 0 fully saturated rings. The monoisotopic (exact) mass is 348 g/mol. The largest absolute Gasteiger partial charge is 0.477 e. The molecule has 6 nitrogen and oxygen atoms in total. The summed E-state index contributed by atoms with van der Waals surface area (Å²) < 4.78 is 5.65. The Morgan fingerprint density at radius 3 is 2.35 bits per heavy atom. The number of benzene rings is 2. The smallest absolute Gasteiger partial charge is 0.352 e. The lowest BCUT2D eigenvalue weighted by molar-refractivity contribution is -0.132. The van der Waals surface area contributed by atoms with Gasteiger partial charge in [0.15, 0.2) is 0 Å². The van der Waals surface area contributed by atoms with E-state index in [9.17, 15) is 14.7 Å². The minimum absolute atomic E-state index is 0.286. The van der Waals surface area contributed by atoms with Crippen LogP contribution < -0.4 is 11.1 Å². The van der Waals surface area contributed by atoms with Gasteiger partial charge in [-0.3, -0.25) is 4.79 Å². The van der Waals surface area contributed by atoms with Crippen LogP contribution in [0.15, 0.2) is 76.8 Å². The van der Waals surface area contributed by atoms with Crippen molar-refractivity contribution in [1.82, 2.24) is 5.32 Å². The Balaban J connectivity index is 1.85. The first-order chi connectivity index (χ1) is 12.5. The van der Waals surface area contributed by atoms with E-state index in [1.54, 1.807) is 54.6 Å². The van der Waals surface area contributed by atoms with Gasteiger partial charge in [0.25, 0.3) is 5.91 Å². The molecule has 1 heterocycles. The van der Waals surface area contributed by atoms with E-state index in [1.165, 1.54) is 6.08 Å². The van der Waals surface area contributed by atoms with E-state index in [0.717, 1.165) is 0 Å². The van der Waals surface area contributed by atoms with Crippen LogP contribution in [0, 0.1) is 0 Å². The number of furan rings is 1. The fourth-order valence-electron chi connectivity index (χ4n) is 2.37. The highest BCUT2D eigenvalue weighted by Crippen LogP contribution is 2.28. The Bertz CT molecular complexity index is 974. The summed E-state index contributed by atoms with van der Waals surface area (Å²) in [4.78, 5) is 23.6. The lowest BCUT2D eigenvalue weighted by atomic mass is 10.1. The lowest BCUT2D eigenvalue weighted by Crippen LogP contribution is -2.27. The second-order valence-electron chi connectivity index (χ2n) is 5.47. The highest BCUT2D eigenvalue weighted by atomic mass is 16.4. The Hall–Kier alpha value is -3.80. The molecular weight excluding hydrogens is 332 g/mol. The second kappa shape index (κ2) is 7.40. The van der Waals surface area contributed by atoms with Crippen molar-refractivity contribution in [3.63, 3.8) is 0 Å². The van der Waals surface area contributed by atoms with Gasteiger partial charge < -0.3 is 20.6 Å². The molecule has 6 heteroatoms. The summed E-state index contributed by atoms with van der Waals surface area (Å²) in [6, 6.07) is 18.8. The molecule has 4 N–H and O–H groups in total. The van der Waals surface area contributed by atoms with Crippen molar-refractivity contribution < 1.29 is 19.1 Å². The normalized spacial score (nSPS) is 11.2. The zero-order valence-corrected chi connectivity index (χ0v) is 13.7. The van der Waals surface area contributed by atoms with Gasteiger partial charge in [0.2, 0.25) is 0 Å². The van der Waals surface area contributed by atoms with Crippen molar-refractivity contribution in [1.29, 1.82) is 0 Å². The van der Waals surface area contributed by atoms with Crippen molar-refractivity contribution in [3.05, 3.63) is 83.8 Å². The predicted molar refractivity (Wildman–Crippen MR) is 98.1 cm³/mol. The maximum atomic E-state index is 12.2. The van der Waals surface area contributed by atoms with E-state index in [1.807, 2.05) is 12.1 Å². The Morgan fingerprint density at radius 2 is 1.65 bits per heavy atom. The van der Waals surface area contributed by atoms with Gasteiger partial charge in [0.05, 0.1) is 0 Å². The summed E-state index contributed by atoms with van der Waals surface area (Å²) in [5.41, 5.74) is 7.24. The highest BCUT2D eigenvalue weighted by Gasteiger charge is 2.14. The van der Waals surface area contributed by atoms with Gasteiger partial charge >= 0.3 is 5.97 Å². The van der Waals surface area contributed by atoms with Crippen LogP contribution >= 0.6 is 0 Å². The topological polar surface area (TPSA) is 106 Å². The molecule has 0 bridgehead atoms. The first-order valence-corrected chi connectivity index (χ1v) is 7.80. The molecule has 0 aliphatic carbocycles. The van der Waals surface area contributed by atoms with Crippen LogP contribution in [0.1, 0.15) is 16.1 Å². The SMILES string of the molecule is Nc1ccccc1-c1ccc(/C=C(/NC(=O)c2ccccc2)C(=O)O)o1. The minimum atomic E-state index is -1.27. The number of hydrogen-bond donors (Lipinski definition) is 3. The van der Waals surface area contributed by atoms with Crippen molar-refractivity contribution in [2.75, 3.05) is 5.73 Å². The molecule has 0 radical (unpaired) electrons. The summed E-state index contributed by atoms with van der Waals surface area (Å²) in [5.74, 6) is -0.993. The van der Waals surface area contributed by atoms with E-state index in [0.29, 0.717) is 22.6 Å². The standard InChI is InChI=1S/C20H16N2O4/c21-16-9-5-4-8-15(16)18-11-10-14(26-18)12-17(20(24)25)22-19(23)13-6-2-1-3-7-13/h1-12H,21H2,(H,22,23)(H,24,25)/b17-12+. The molecule has 0 spiro atoms. The number of rotatable bonds is 5. The van der Waals surface area contributed by atoms with E-state index < -0.39 is 11.9 Å². The van der Waals surface area contributed by atoms with Crippen LogP contribution in [-0.4, -0.2) is 17.0 Å². The minimum Gasteiger partial charge on any atom is -0.477 e. The van der Waals surface area contributed by atoms with Gasteiger partial charge in [-0.1, -0.05) is 30.3 Å². The Kier molecular flexibility index (Phi) is 4.85.